The van der Waals surface area contributed by atoms with E-state index < -0.39 is 0 Å². The molecular weight excluding hydrogens is 556 g/mol. The lowest BCUT2D eigenvalue weighted by Crippen LogP contribution is -2.25. The Morgan fingerprint density at radius 2 is 1.00 bits per heavy atom. The zero-order chi connectivity index (χ0) is 30.0. The highest BCUT2D eigenvalue weighted by atomic mass is 16.5. The van der Waals surface area contributed by atoms with E-state index in [9.17, 15) is 0 Å². The Morgan fingerprint density at radius 1 is 0.370 bits per heavy atom. The van der Waals surface area contributed by atoms with Gasteiger partial charge in [-0.05, 0) is 95.6 Å². The van der Waals surface area contributed by atoms with Crippen molar-refractivity contribution < 1.29 is 4.74 Å². The fraction of sp³-hybridized carbons (Fsp3) is 0.0222. The van der Waals surface area contributed by atoms with Crippen molar-refractivity contribution in [1.29, 1.82) is 0 Å². The minimum Gasteiger partial charge on any atom is -0.456 e. The first-order valence-electron chi connectivity index (χ1n) is 16.0. The Hall–Kier alpha value is -5.92. The first kappa shape index (κ1) is 24.4. The number of hydrogen-bond acceptors (Lipinski definition) is 1. The standard InChI is InChI=1S/C45H26O/c1-2-13-30-27(10-1)22-24-39-43(30)33-14-3-5-18-36(33)45(39)37-19-6-4-15-34(37)44-31(16-9-20-38(44)45)29-23-25-40-35(26-29)32-17-7-11-28-12-8-21-41(46-40)42(28)32/h1-26H. The molecule has 0 aromatic heterocycles. The van der Waals surface area contributed by atoms with Crippen molar-refractivity contribution >= 4 is 21.5 Å². The number of hydrogen-bond donors (Lipinski definition) is 0. The van der Waals surface area contributed by atoms with Crippen LogP contribution in [0.25, 0.3) is 66.1 Å². The third kappa shape index (κ3) is 2.87. The van der Waals surface area contributed by atoms with Gasteiger partial charge >= 0.3 is 0 Å². The quantitative estimate of drug-likeness (QED) is 0.187. The van der Waals surface area contributed by atoms with Gasteiger partial charge in [0.1, 0.15) is 11.5 Å². The maximum Gasteiger partial charge on any atom is 0.135 e. The van der Waals surface area contributed by atoms with Gasteiger partial charge in [-0.2, -0.15) is 0 Å². The molecule has 1 heterocycles. The van der Waals surface area contributed by atoms with E-state index in [0.29, 0.717) is 0 Å². The van der Waals surface area contributed by atoms with E-state index in [1.54, 1.807) is 0 Å². The molecule has 11 rings (SSSR count). The lowest BCUT2D eigenvalue weighted by atomic mass is 9.70. The van der Waals surface area contributed by atoms with Gasteiger partial charge in [0.05, 0.1) is 5.41 Å². The van der Waals surface area contributed by atoms with Crippen LogP contribution in [0.3, 0.4) is 0 Å². The van der Waals surface area contributed by atoms with Crippen molar-refractivity contribution in [2.24, 2.45) is 0 Å². The van der Waals surface area contributed by atoms with E-state index >= 15 is 0 Å². The van der Waals surface area contributed by atoms with Crippen molar-refractivity contribution in [2.75, 3.05) is 0 Å². The largest absolute Gasteiger partial charge is 0.456 e. The predicted molar refractivity (Wildman–Crippen MR) is 189 cm³/mol. The minimum atomic E-state index is -0.389. The normalized spacial score (nSPS) is 16.1. The molecule has 1 atom stereocenters. The molecule has 212 valence electrons. The fourth-order valence-corrected chi connectivity index (χ4v) is 8.93. The second-order valence-electron chi connectivity index (χ2n) is 12.8. The number of rotatable bonds is 1. The van der Waals surface area contributed by atoms with Crippen molar-refractivity contribution in [1.82, 2.24) is 0 Å². The predicted octanol–water partition coefficient (Wildman–Crippen LogP) is 11.8. The van der Waals surface area contributed by atoms with Crippen LogP contribution in [0.4, 0.5) is 0 Å². The Labute approximate surface area is 267 Å². The summed E-state index contributed by atoms with van der Waals surface area (Å²) in [6, 6.07) is 58.2. The molecule has 46 heavy (non-hydrogen) atoms. The molecule has 0 N–H and O–H groups in total. The summed E-state index contributed by atoms with van der Waals surface area (Å²) in [7, 11) is 0. The van der Waals surface area contributed by atoms with Gasteiger partial charge in [-0.25, -0.2) is 0 Å². The van der Waals surface area contributed by atoms with Crippen LogP contribution in [0.1, 0.15) is 22.3 Å². The van der Waals surface area contributed by atoms with Crippen LogP contribution in [-0.4, -0.2) is 0 Å². The van der Waals surface area contributed by atoms with Crippen molar-refractivity contribution in [2.45, 2.75) is 5.41 Å². The SMILES string of the molecule is c1ccc2c(c1)-c1c(-c3ccc4c(c3)-c3cccc5cccc(c35)O4)cccc1C21c2ccccc2-c2c1ccc1ccccc21. The van der Waals surface area contributed by atoms with E-state index in [2.05, 4.69) is 158 Å². The molecular formula is C45H26O. The lowest BCUT2D eigenvalue weighted by molar-refractivity contribution is 0.487. The van der Waals surface area contributed by atoms with E-state index in [1.807, 2.05) is 0 Å². The molecule has 1 spiro atoms. The van der Waals surface area contributed by atoms with Crippen molar-refractivity contribution in [3.05, 3.63) is 180 Å². The summed E-state index contributed by atoms with van der Waals surface area (Å²) in [5, 5.41) is 4.98. The summed E-state index contributed by atoms with van der Waals surface area (Å²) in [5.74, 6) is 1.83. The topological polar surface area (TPSA) is 9.23 Å². The average Bonchev–Trinajstić information content (AvgIpc) is 3.59. The Kier molecular flexibility index (Phi) is 4.57. The van der Waals surface area contributed by atoms with E-state index in [-0.39, 0.29) is 5.41 Å². The van der Waals surface area contributed by atoms with Crippen LogP contribution in [0.2, 0.25) is 0 Å². The average molecular weight is 583 g/mol. The van der Waals surface area contributed by atoms with Crippen LogP contribution in [-0.2, 0) is 5.41 Å². The molecule has 1 aliphatic heterocycles. The maximum absolute atomic E-state index is 6.48. The highest BCUT2D eigenvalue weighted by molar-refractivity contribution is 6.08. The van der Waals surface area contributed by atoms with Gasteiger partial charge in [0.25, 0.3) is 0 Å². The smallest absolute Gasteiger partial charge is 0.135 e. The van der Waals surface area contributed by atoms with Gasteiger partial charge < -0.3 is 4.74 Å². The zero-order valence-electron chi connectivity index (χ0n) is 24.9. The minimum absolute atomic E-state index is 0.389. The first-order valence-corrected chi connectivity index (χ1v) is 16.0. The number of fused-ring (bicyclic) bond motifs is 14. The van der Waals surface area contributed by atoms with Crippen molar-refractivity contribution in [3.63, 3.8) is 0 Å². The van der Waals surface area contributed by atoms with Crippen LogP contribution in [0.15, 0.2) is 158 Å². The van der Waals surface area contributed by atoms with E-state index in [1.165, 1.54) is 82.7 Å². The molecule has 3 aliphatic rings. The van der Waals surface area contributed by atoms with Crippen molar-refractivity contribution in [3.8, 4) is 56.0 Å². The summed E-state index contributed by atoms with van der Waals surface area (Å²) in [6.07, 6.45) is 0. The number of ether oxygens (including phenoxy) is 1. The molecule has 0 bridgehead atoms. The molecule has 0 saturated heterocycles. The van der Waals surface area contributed by atoms with Crippen LogP contribution in [0, 0.1) is 0 Å². The van der Waals surface area contributed by atoms with Gasteiger partial charge in [0, 0.05) is 10.9 Å². The van der Waals surface area contributed by atoms with Gasteiger partial charge in [-0.1, -0.05) is 140 Å². The highest BCUT2D eigenvalue weighted by Crippen LogP contribution is 2.65. The van der Waals surface area contributed by atoms with Gasteiger partial charge in [0.2, 0.25) is 0 Å². The summed E-state index contributed by atoms with van der Waals surface area (Å²) in [4.78, 5) is 0. The molecule has 0 fully saturated rings. The monoisotopic (exact) mass is 582 g/mol. The van der Waals surface area contributed by atoms with E-state index in [4.69, 9.17) is 4.74 Å². The third-order valence-electron chi connectivity index (χ3n) is 10.7. The summed E-state index contributed by atoms with van der Waals surface area (Å²) >= 11 is 0. The third-order valence-corrected chi connectivity index (χ3v) is 10.7. The Morgan fingerprint density at radius 3 is 1.87 bits per heavy atom. The van der Waals surface area contributed by atoms with Crippen LogP contribution >= 0.6 is 0 Å². The van der Waals surface area contributed by atoms with E-state index in [0.717, 1.165) is 17.1 Å². The maximum atomic E-state index is 6.48. The molecule has 2 aliphatic carbocycles. The van der Waals surface area contributed by atoms with Crippen LogP contribution < -0.4 is 4.74 Å². The number of benzene rings is 8. The molecule has 8 aromatic carbocycles. The Bertz CT molecular complexity index is 2620. The van der Waals surface area contributed by atoms with Crippen LogP contribution in [0.5, 0.6) is 11.5 Å². The second-order valence-corrected chi connectivity index (χ2v) is 12.8. The van der Waals surface area contributed by atoms with Gasteiger partial charge in [-0.15, -0.1) is 0 Å². The summed E-state index contributed by atoms with van der Waals surface area (Å²) in [6.45, 7) is 0. The molecule has 0 radical (unpaired) electrons. The zero-order valence-corrected chi connectivity index (χ0v) is 24.9. The Balaban J connectivity index is 1.22. The molecule has 1 heteroatoms. The summed E-state index contributed by atoms with van der Waals surface area (Å²) < 4.78 is 6.48. The van der Waals surface area contributed by atoms with Gasteiger partial charge in [-0.3, -0.25) is 0 Å². The highest BCUT2D eigenvalue weighted by Gasteiger charge is 2.52. The second kappa shape index (κ2) is 8.62. The first-order chi connectivity index (χ1) is 22.8. The lowest BCUT2D eigenvalue weighted by Gasteiger charge is -2.30. The van der Waals surface area contributed by atoms with Gasteiger partial charge in [0.15, 0.2) is 0 Å². The molecule has 1 unspecified atom stereocenters. The molecule has 0 saturated carbocycles. The summed E-state index contributed by atoms with van der Waals surface area (Å²) in [5.41, 5.74) is 15.2. The molecule has 8 aromatic rings. The fourth-order valence-electron chi connectivity index (χ4n) is 8.93. The molecule has 1 nitrogen and oxygen atoms in total. The molecule has 0 amide bonds.